The van der Waals surface area contributed by atoms with Gasteiger partial charge in [-0.15, -0.1) is 0 Å². The van der Waals surface area contributed by atoms with Crippen molar-refractivity contribution in [3.8, 4) is 0 Å². The normalized spacial score (nSPS) is 15.1. The fraction of sp³-hybridized carbons (Fsp3) is 0.400. The summed E-state index contributed by atoms with van der Waals surface area (Å²) in [6.45, 7) is 8.72. The molecule has 0 bridgehead atoms. The molecule has 3 N–H and O–H groups in total. The first kappa shape index (κ1) is 18.9. The van der Waals surface area contributed by atoms with Gasteiger partial charge in [-0.3, -0.25) is 0 Å². The second kappa shape index (κ2) is 7.19. The van der Waals surface area contributed by atoms with Gasteiger partial charge in [-0.05, 0) is 22.3 Å². The summed E-state index contributed by atoms with van der Waals surface area (Å²) >= 11 is 0. The van der Waals surface area contributed by atoms with Gasteiger partial charge < -0.3 is 15.3 Å². The van der Waals surface area contributed by atoms with E-state index in [-0.39, 0.29) is 11.6 Å². The van der Waals surface area contributed by atoms with Crippen LogP contribution in [0, 0.1) is 0 Å². The Morgan fingerprint density at radius 3 is 1.62 bits per heavy atom. The Labute approximate surface area is 146 Å². The van der Waals surface area contributed by atoms with Crippen LogP contribution in [0.25, 0.3) is 0 Å². The van der Waals surface area contributed by atoms with E-state index in [1.807, 2.05) is 19.1 Å². The number of rotatable bonds is 6. The Morgan fingerprint density at radius 2 is 1.29 bits per heavy atom. The third-order valence-electron chi connectivity index (χ3n) is 4.40. The van der Waals surface area contributed by atoms with Crippen molar-refractivity contribution in [2.24, 2.45) is 5.73 Å². The molecule has 0 aliphatic carbocycles. The number of hydrogen-bond acceptors (Lipinski definition) is 3. The smallest absolute Gasteiger partial charge is 0.261 e. The predicted molar refractivity (Wildman–Crippen MR) is 103 cm³/mol. The SMILES string of the molecule is CC(C)(C)[Si](OC[C@](C)(N)CO)(c1ccccc1)c1ccccc1. The van der Waals surface area contributed by atoms with Crippen LogP contribution in [0.3, 0.4) is 0 Å². The van der Waals surface area contributed by atoms with Crippen LogP contribution < -0.4 is 16.1 Å². The molecule has 3 nitrogen and oxygen atoms in total. The van der Waals surface area contributed by atoms with Gasteiger partial charge >= 0.3 is 0 Å². The summed E-state index contributed by atoms with van der Waals surface area (Å²) in [5, 5.41) is 11.9. The van der Waals surface area contributed by atoms with Gasteiger partial charge in [0.05, 0.1) is 18.8 Å². The summed E-state index contributed by atoms with van der Waals surface area (Å²) in [6.07, 6.45) is 0. The fourth-order valence-corrected chi connectivity index (χ4v) is 7.78. The van der Waals surface area contributed by atoms with Gasteiger partial charge in [0.1, 0.15) is 0 Å². The van der Waals surface area contributed by atoms with Crippen LogP contribution in [-0.4, -0.2) is 32.2 Å². The van der Waals surface area contributed by atoms with Crippen LogP contribution in [0.2, 0.25) is 5.04 Å². The lowest BCUT2D eigenvalue weighted by Crippen LogP contribution is -2.68. The lowest BCUT2D eigenvalue weighted by Gasteiger charge is -2.44. The molecule has 2 rings (SSSR count). The average molecular weight is 344 g/mol. The first-order valence-corrected chi connectivity index (χ1v) is 10.3. The van der Waals surface area contributed by atoms with Gasteiger partial charge in [-0.1, -0.05) is 81.4 Å². The number of benzene rings is 2. The van der Waals surface area contributed by atoms with Gasteiger partial charge in [0.25, 0.3) is 8.32 Å². The third kappa shape index (κ3) is 3.78. The van der Waals surface area contributed by atoms with Crippen LogP contribution in [0.4, 0.5) is 0 Å². The predicted octanol–water partition coefficient (Wildman–Crippen LogP) is 2.27. The van der Waals surface area contributed by atoms with Crippen molar-refractivity contribution in [1.82, 2.24) is 0 Å². The highest BCUT2D eigenvalue weighted by Crippen LogP contribution is 2.37. The van der Waals surface area contributed by atoms with E-state index in [1.54, 1.807) is 0 Å². The Bertz CT molecular complexity index is 596. The molecular weight excluding hydrogens is 314 g/mol. The fourth-order valence-electron chi connectivity index (χ4n) is 3.08. The van der Waals surface area contributed by atoms with E-state index in [2.05, 4.69) is 69.3 Å². The molecule has 0 saturated carbocycles. The minimum Gasteiger partial charge on any atom is -0.405 e. The van der Waals surface area contributed by atoms with Gasteiger partial charge in [0.15, 0.2) is 0 Å². The van der Waals surface area contributed by atoms with Crippen LogP contribution >= 0.6 is 0 Å². The maximum absolute atomic E-state index is 9.55. The molecule has 0 aliphatic rings. The molecule has 4 heteroatoms. The molecule has 0 fully saturated rings. The lowest BCUT2D eigenvalue weighted by molar-refractivity contribution is 0.140. The van der Waals surface area contributed by atoms with Crippen molar-refractivity contribution < 1.29 is 9.53 Å². The van der Waals surface area contributed by atoms with Gasteiger partial charge in [-0.2, -0.15) is 0 Å². The monoisotopic (exact) mass is 343 g/mol. The number of aliphatic hydroxyl groups excluding tert-OH is 1. The highest BCUT2D eigenvalue weighted by Gasteiger charge is 2.50. The largest absolute Gasteiger partial charge is 0.405 e. The molecule has 24 heavy (non-hydrogen) atoms. The molecule has 0 aromatic heterocycles. The Kier molecular flexibility index (Phi) is 5.66. The maximum Gasteiger partial charge on any atom is 0.261 e. The second-order valence-corrected chi connectivity index (χ2v) is 12.1. The maximum atomic E-state index is 9.55. The lowest BCUT2D eigenvalue weighted by atomic mass is 10.1. The molecule has 0 unspecified atom stereocenters. The van der Waals surface area contributed by atoms with Crippen molar-refractivity contribution in [2.75, 3.05) is 13.2 Å². The molecule has 0 amide bonds. The Balaban J connectivity index is 2.62. The molecule has 0 aliphatic heterocycles. The minimum absolute atomic E-state index is 0.0821. The molecule has 2 aromatic rings. The molecule has 2 aromatic carbocycles. The van der Waals surface area contributed by atoms with Crippen molar-refractivity contribution in [1.29, 1.82) is 0 Å². The molecule has 0 heterocycles. The summed E-state index contributed by atoms with van der Waals surface area (Å²) in [5.74, 6) is 0. The van der Waals surface area contributed by atoms with Crippen LogP contribution in [0.15, 0.2) is 60.7 Å². The van der Waals surface area contributed by atoms with Crippen LogP contribution in [0.1, 0.15) is 27.7 Å². The standard InChI is InChI=1S/C20H29NO2Si/c1-19(2,3)24(17-11-7-5-8-12-17,18-13-9-6-10-14-18)23-16-20(4,21)15-22/h5-14,22H,15-16,21H2,1-4H3/t20-/m1/s1. The zero-order valence-corrected chi connectivity index (χ0v) is 16.1. The van der Waals surface area contributed by atoms with Crippen molar-refractivity contribution in [3.05, 3.63) is 60.7 Å². The Hall–Kier alpha value is -1.46. The van der Waals surface area contributed by atoms with Gasteiger partial charge in [-0.25, -0.2) is 0 Å². The molecular formula is C20H29NO2Si. The highest BCUT2D eigenvalue weighted by molar-refractivity contribution is 6.99. The van der Waals surface area contributed by atoms with E-state index in [9.17, 15) is 5.11 Å². The van der Waals surface area contributed by atoms with Crippen molar-refractivity contribution in [2.45, 2.75) is 38.3 Å². The minimum atomic E-state index is -2.57. The van der Waals surface area contributed by atoms with E-state index in [0.717, 1.165) is 0 Å². The summed E-state index contributed by atoms with van der Waals surface area (Å²) in [5.41, 5.74) is 5.41. The average Bonchev–Trinajstić information content (AvgIpc) is 2.56. The second-order valence-electron chi connectivity index (χ2n) is 7.76. The van der Waals surface area contributed by atoms with Crippen molar-refractivity contribution >= 4 is 18.7 Å². The van der Waals surface area contributed by atoms with Gasteiger partial charge in [0, 0.05) is 0 Å². The van der Waals surface area contributed by atoms with Crippen LogP contribution in [0.5, 0.6) is 0 Å². The first-order valence-electron chi connectivity index (χ1n) is 8.38. The summed E-state index contributed by atoms with van der Waals surface area (Å²) in [4.78, 5) is 0. The van der Waals surface area contributed by atoms with E-state index in [0.29, 0.717) is 6.61 Å². The summed E-state index contributed by atoms with van der Waals surface area (Å²) in [6, 6.07) is 20.9. The summed E-state index contributed by atoms with van der Waals surface area (Å²) < 4.78 is 6.68. The van der Waals surface area contributed by atoms with Gasteiger partial charge in [0.2, 0.25) is 0 Å². The molecule has 130 valence electrons. The molecule has 1 atom stereocenters. The van der Waals surface area contributed by atoms with Crippen LogP contribution in [-0.2, 0) is 4.43 Å². The molecule has 0 saturated heterocycles. The Morgan fingerprint density at radius 1 is 0.875 bits per heavy atom. The topological polar surface area (TPSA) is 55.5 Å². The van der Waals surface area contributed by atoms with Crippen molar-refractivity contribution in [3.63, 3.8) is 0 Å². The number of hydrogen-bond donors (Lipinski definition) is 2. The quantitative estimate of drug-likeness (QED) is 0.791. The summed E-state index contributed by atoms with van der Waals surface area (Å²) in [7, 11) is -2.57. The van der Waals surface area contributed by atoms with E-state index in [1.165, 1.54) is 10.4 Å². The van der Waals surface area contributed by atoms with E-state index < -0.39 is 13.9 Å². The third-order valence-corrected chi connectivity index (χ3v) is 9.38. The zero-order chi connectivity index (χ0) is 17.8. The highest BCUT2D eigenvalue weighted by atomic mass is 28.4. The van der Waals surface area contributed by atoms with E-state index >= 15 is 0 Å². The first-order chi connectivity index (χ1) is 11.2. The van der Waals surface area contributed by atoms with E-state index in [4.69, 9.17) is 10.2 Å². The zero-order valence-electron chi connectivity index (χ0n) is 15.1. The number of nitrogens with two attached hydrogens (primary N) is 1. The number of aliphatic hydroxyl groups is 1. The molecule has 0 spiro atoms. The molecule has 0 radical (unpaired) electrons.